The maximum atomic E-state index is 5.80. The van der Waals surface area contributed by atoms with Gasteiger partial charge in [-0.25, -0.2) is 0 Å². The Balaban J connectivity index is 2.69. The molecule has 0 fully saturated rings. The first-order valence-corrected chi connectivity index (χ1v) is 6.19. The monoisotopic (exact) mass is 246 g/mol. The minimum Gasteiger partial charge on any atom is -0.496 e. The number of hydrogen-bond acceptors (Lipinski definition) is 2. The van der Waals surface area contributed by atoms with Crippen molar-refractivity contribution in [1.29, 1.82) is 0 Å². The summed E-state index contributed by atoms with van der Waals surface area (Å²) in [6.45, 7) is 10.7. The number of benzene rings is 1. The molecule has 0 aliphatic heterocycles. The predicted octanol–water partition coefficient (Wildman–Crippen LogP) is 4.29. The molecule has 0 unspecified atom stereocenters. The first kappa shape index (κ1) is 14.4. The summed E-state index contributed by atoms with van der Waals surface area (Å²) in [5.74, 6) is 1.72. The van der Waals surface area contributed by atoms with Crippen molar-refractivity contribution < 1.29 is 9.47 Å². The Kier molecular flexibility index (Phi) is 5.50. The summed E-state index contributed by atoms with van der Waals surface area (Å²) in [5.41, 5.74) is 3.32. The Bertz CT molecular complexity index is 444. The molecule has 0 N–H and O–H groups in total. The summed E-state index contributed by atoms with van der Waals surface area (Å²) in [4.78, 5) is 0. The Hall–Kier alpha value is -1.70. The average Bonchev–Trinajstić information content (AvgIpc) is 2.37. The van der Waals surface area contributed by atoms with E-state index < -0.39 is 0 Å². The fraction of sp³-hybridized carbons (Fsp3) is 0.375. The Morgan fingerprint density at radius 1 is 1.33 bits per heavy atom. The molecule has 2 nitrogen and oxygen atoms in total. The smallest absolute Gasteiger partial charge is 0.126 e. The Morgan fingerprint density at radius 3 is 2.61 bits per heavy atom. The van der Waals surface area contributed by atoms with Crippen LogP contribution in [0.4, 0.5) is 0 Å². The van der Waals surface area contributed by atoms with E-state index in [0.717, 1.165) is 29.1 Å². The van der Waals surface area contributed by atoms with Gasteiger partial charge in [-0.15, -0.1) is 0 Å². The average molecular weight is 246 g/mol. The zero-order chi connectivity index (χ0) is 13.5. The lowest BCUT2D eigenvalue weighted by Crippen LogP contribution is -2.01. The van der Waals surface area contributed by atoms with Crippen LogP contribution in [0.25, 0.3) is 0 Å². The van der Waals surface area contributed by atoms with Gasteiger partial charge < -0.3 is 9.47 Å². The molecule has 2 heteroatoms. The fourth-order valence-corrected chi connectivity index (χ4v) is 1.66. The molecular formula is C16H22O2. The summed E-state index contributed by atoms with van der Waals surface area (Å²) in [5, 5.41) is 0. The van der Waals surface area contributed by atoms with Gasteiger partial charge in [-0.1, -0.05) is 31.2 Å². The van der Waals surface area contributed by atoms with E-state index in [1.165, 1.54) is 5.57 Å². The Morgan fingerprint density at radius 2 is 2.00 bits per heavy atom. The molecule has 18 heavy (non-hydrogen) atoms. The van der Waals surface area contributed by atoms with E-state index in [4.69, 9.17) is 9.47 Å². The van der Waals surface area contributed by atoms with Crippen molar-refractivity contribution in [2.45, 2.75) is 27.2 Å². The van der Waals surface area contributed by atoms with Crippen molar-refractivity contribution in [3.8, 4) is 11.5 Å². The molecule has 0 saturated heterocycles. The maximum Gasteiger partial charge on any atom is 0.126 e. The van der Waals surface area contributed by atoms with Gasteiger partial charge in [0.15, 0.2) is 0 Å². The van der Waals surface area contributed by atoms with Gasteiger partial charge in [-0.05, 0) is 38.0 Å². The molecule has 0 saturated carbocycles. The standard InChI is InChI=1S/C16H22O2/c1-6-12(2)10-13(3)11-18-16-9-7-8-15(17-5)14(16)4/h7-10H,2,6,11H2,1,3-5H3/b13-10-. The number of rotatable bonds is 6. The lowest BCUT2D eigenvalue weighted by atomic mass is 10.1. The molecule has 0 spiro atoms. The molecule has 0 atom stereocenters. The molecule has 0 amide bonds. The summed E-state index contributed by atoms with van der Waals surface area (Å²) in [6, 6.07) is 5.83. The summed E-state index contributed by atoms with van der Waals surface area (Å²) in [7, 11) is 1.67. The van der Waals surface area contributed by atoms with E-state index >= 15 is 0 Å². The minimum atomic E-state index is 0.576. The van der Waals surface area contributed by atoms with Crippen LogP contribution in [-0.2, 0) is 0 Å². The van der Waals surface area contributed by atoms with Crippen molar-refractivity contribution >= 4 is 0 Å². The van der Waals surface area contributed by atoms with Crippen molar-refractivity contribution in [3.05, 3.63) is 47.6 Å². The second kappa shape index (κ2) is 6.90. The van der Waals surface area contributed by atoms with Crippen molar-refractivity contribution in [2.24, 2.45) is 0 Å². The highest BCUT2D eigenvalue weighted by atomic mass is 16.5. The third-order valence-electron chi connectivity index (χ3n) is 2.81. The van der Waals surface area contributed by atoms with E-state index in [0.29, 0.717) is 6.61 Å². The molecule has 0 aliphatic carbocycles. The van der Waals surface area contributed by atoms with Crippen LogP contribution in [0.15, 0.2) is 42.0 Å². The first-order chi connectivity index (χ1) is 8.58. The number of hydrogen-bond donors (Lipinski definition) is 0. The van der Waals surface area contributed by atoms with Crippen molar-refractivity contribution in [2.75, 3.05) is 13.7 Å². The zero-order valence-corrected chi connectivity index (χ0v) is 11.7. The highest BCUT2D eigenvalue weighted by Gasteiger charge is 2.05. The maximum absolute atomic E-state index is 5.80. The van der Waals surface area contributed by atoms with Crippen LogP contribution < -0.4 is 9.47 Å². The van der Waals surface area contributed by atoms with Gasteiger partial charge in [0.05, 0.1) is 7.11 Å². The van der Waals surface area contributed by atoms with Gasteiger partial charge in [0.25, 0.3) is 0 Å². The topological polar surface area (TPSA) is 18.5 Å². The molecular weight excluding hydrogens is 224 g/mol. The molecule has 1 aromatic carbocycles. The molecule has 0 aliphatic rings. The molecule has 1 aromatic rings. The van der Waals surface area contributed by atoms with E-state index in [1.54, 1.807) is 7.11 Å². The summed E-state index contributed by atoms with van der Waals surface area (Å²) < 4.78 is 11.1. The van der Waals surface area contributed by atoms with Crippen LogP contribution in [0.5, 0.6) is 11.5 Å². The van der Waals surface area contributed by atoms with Gasteiger partial charge in [-0.2, -0.15) is 0 Å². The third-order valence-corrected chi connectivity index (χ3v) is 2.81. The van der Waals surface area contributed by atoms with E-state index in [-0.39, 0.29) is 0 Å². The van der Waals surface area contributed by atoms with E-state index in [2.05, 4.69) is 26.5 Å². The number of ether oxygens (including phenoxy) is 2. The lowest BCUT2D eigenvalue weighted by Gasteiger charge is -2.12. The molecule has 0 radical (unpaired) electrons. The van der Waals surface area contributed by atoms with Crippen molar-refractivity contribution in [1.82, 2.24) is 0 Å². The molecule has 0 bridgehead atoms. The predicted molar refractivity (Wildman–Crippen MR) is 76.4 cm³/mol. The summed E-state index contributed by atoms with van der Waals surface area (Å²) >= 11 is 0. The van der Waals surface area contributed by atoms with Crippen molar-refractivity contribution in [3.63, 3.8) is 0 Å². The zero-order valence-electron chi connectivity index (χ0n) is 11.7. The molecule has 0 heterocycles. The van der Waals surface area contributed by atoms with Gasteiger partial charge in [0.1, 0.15) is 18.1 Å². The highest BCUT2D eigenvalue weighted by molar-refractivity contribution is 5.43. The molecule has 1 rings (SSSR count). The quantitative estimate of drug-likeness (QED) is 0.697. The van der Waals surface area contributed by atoms with Gasteiger partial charge in [0, 0.05) is 5.56 Å². The fourth-order valence-electron chi connectivity index (χ4n) is 1.66. The lowest BCUT2D eigenvalue weighted by molar-refractivity contribution is 0.343. The molecule has 98 valence electrons. The van der Waals surface area contributed by atoms with Crippen LogP contribution >= 0.6 is 0 Å². The summed E-state index contributed by atoms with van der Waals surface area (Å²) in [6.07, 6.45) is 3.05. The normalized spacial score (nSPS) is 11.2. The van der Waals surface area contributed by atoms with Crippen LogP contribution in [0, 0.1) is 6.92 Å². The van der Waals surface area contributed by atoms with Gasteiger partial charge >= 0.3 is 0 Å². The second-order valence-corrected chi connectivity index (χ2v) is 4.37. The SMILES string of the molecule is C=C(/C=C(/C)COc1cccc(OC)c1C)CC. The number of methoxy groups -OCH3 is 1. The van der Waals surface area contributed by atoms with Crippen LogP contribution in [0.1, 0.15) is 25.8 Å². The number of allylic oxidation sites excluding steroid dienone is 2. The van der Waals surface area contributed by atoms with Gasteiger partial charge in [-0.3, -0.25) is 0 Å². The second-order valence-electron chi connectivity index (χ2n) is 4.37. The largest absolute Gasteiger partial charge is 0.496 e. The van der Waals surface area contributed by atoms with Crippen LogP contribution in [0.3, 0.4) is 0 Å². The van der Waals surface area contributed by atoms with E-state index in [9.17, 15) is 0 Å². The van der Waals surface area contributed by atoms with Crippen LogP contribution in [0.2, 0.25) is 0 Å². The first-order valence-electron chi connectivity index (χ1n) is 6.19. The van der Waals surface area contributed by atoms with E-state index in [1.807, 2.05) is 25.1 Å². The van der Waals surface area contributed by atoms with Crippen LogP contribution in [-0.4, -0.2) is 13.7 Å². The highest BCUT2D eigenvalue weighted by Crippen LogP contribution is 2.27. The van der Waals surface area contributed by atoms with Gasteiger partial charge in [0.2, 0.25) is 0 Å². The third kappa shape index (κ3) is 3.95. The molecule has 0 aromatic heterocycles. The Labute approximate surface area is 110 Å². The minimum absolute atomic E-state index is 0.576.